The molecule has 3 atom stereocenters. The molecule has 1 aromatic carbocycles. The number of carboxylic acids is 1. The number of hydrogen-bond donors (Lipinski definition) is 2. The fourth-order valence-corrected chi connectivity index (χ4v) is 2.89. The van der Waals surface area contributed by atoms with Gasteiger partial charge in [0.05, 0.1) is 25.0 Å². The van der Waals surface area contributed by atoms with Gasteiger partial charge >= 0.3 is 5.97 Å². The van der Waals surface area contributed by atoms with Crippen molar-refractivity contribution < 1.29 is 19.4 Å². The van der Waals surface area contributed by atoms with Gasteiger partial charge in [0.15, 0.2) is 0 Å². The van der Waals surface area contributed by atoms with Gasteiger partial charge in [-0.25, -0.2) is 0 Å². The van der Waals surface area contributed by atoms with Gasteiger partial charge in [-0.15, -0.1) is 0 Å². The molecule has 1 fully saturated rings. The Bertz CT molecular complexity index is 567. The van der Waals surface area contributed by atoms with Gasteiger partial charge in [-0.1, -0.05) is 26.0 Å². The maximum atomic E-state index is 12.3. The zero-order chi connectivity index (χ0) is 15.8. The first-order chi connectivity index (χ1) is 9.78. The second kappa shape index (κ2) is 5.39. The number of methoxy groups -OCH3 is 1. The van der Waals surface area contributed by atoms with Crippen LogP contribution in [0.5, 0.6) is 5.75 Å². The second-order valence-corrected chi connectivity index (χ2v) is 6.12. The zero-order valence-corrected chi connectivity index (χ0v) is 12.7. The Labute approximate surface area is 124 Å². The van der Waals surface area contributed by atoms with E-state index in [0.29, 0.717) is 0 Å². The van der Waals surface area contributed by atoms with E-state index in [4.69, 9.17) is 9.84 Å². The normalized spacial score (nSPS) is 24.0. The van der Waals surface area contributed by atoms with E-state index < -0.39 is 23.2 Å². The largest absolute Gasteiger partial charge is 0.497 e. The van der Waals surface area contributed by atoms with Crippen molar-refractivity contribution in [1.29, 1.82) is 0 Å². The Morgan fingerprint density at radius 2 is 2.00 bits per heavy atom. The van der Waals surface area contributed by atoms with Crippen molar-refractivity contribution in [2.45, 2.75) is 26.8 Å². The number of aliphatic carboxylic acids is 1. The van der Waals surface area contributed by atoms with Crippen molar-refractivity contribution in [3.8, 4) is 5.75 Å². The summed E-state index contributed by atoms with van der Waals surface area (Å²) in [7, 11) is 1.59. The summed E-state index contributed by atoms with van der Waals surface area (Å²) in [4.78, 5) is 23.4. The number of carbonyl (C=O) groups excluding carboxylic acids is 1. The molecule has 1 amide bonds. The molecule has 5 nitrogen and oxygen atoms in total. The number of ether oxygens (including phenoxy) is 1. The third-order valence-electron chi connectivity index (χ3n) is 4.33. The van der Waals surface area contributed by atoms with Crippen LogP contribution in [0.3, 0.4) is 0 Å². The Morgan fingerprint density at radius 1 is 1.33 bits per heavy atom. The van der Waals surface area contributed by atoms with Gasteiger partial charge in [0.2, 0.25) is 5.91 Å². The predicted octanol–water partition coefficient (Wildman–Crippen LogP) is 2.23. The molecule has 0 aliphatic heterocycles. The number of carboxylic acid groups (broad SMARTS) is 1. The lowest BCUT2D eigenvalue weighted by Crippen LogP contribution is -2.30. The monoisotopic (exact) mass is 291 g/mol. The predicted molar refractivity (Wildman–Crippen MR) is 77.9 cm³/mol. The summed E-state index contributed by atoms with van der Waals surface area (Å²) < 4.78 is 5.16. The van der Waals surface area contributed by atoms with Gasteiger partial charge in [-0.3, -0.25) is 9.59 Å². The molecule has 114 valence electrons. The number of hydrogen-bond acceptors (Lipinski definition) is 3. The van der Waals surface area contributed by atoms with E-state index in [1.54, 1.807) is 7.11 Å². The fraction of sp³-hybridized carbons (Fsp3) is 0.500. The SMILES string of the molecule is COc1cccc([C@H](C)NC(=O)[C@H]2[C@@H](C(=O)O)C2(C)C)c1. The van der Waals surface area contributed by atoms with E-state index in [0.717, 1.165) is 11.3 Å². The van der Waals surface area contributed by atoms with Crippen LogP contribution >= 0.6 is 0 Å². The van der Waals surface area contributed by atoms with Crippen molar-refractivity contribution in [3.05, 3.63) is 29.8 Å². The molecular weight excluding hydrogens is 270 g/mol. The van der Waals surface area contributed by atoms with Crippen molar-refractivity contribution in [2.24, 2.45) is 17.3 Å². The molecule has 1 aromatic rings. The lowest BCUT2D eigenvalue weighted by Gasteiger charge is -2.15. The van der Waals surface area contributed by atoms with Crippen molar-refractivity contribution >= 4 is 11.9 Å². The average molecular weight is 291 g/mol. The molecule has 1 saturated carbocycles. The van der Waals surface area contributed by atoms with Gasteiger partial charge in [0.1, 0.15) is 5.75 Å². The van der Waals surface area contributed by atoms with Crippen LogP contribution in [0.1, 0.15) is 32.4 Å². The summed E-state index contributed by atoms with van der Waals surface area (Å²) in [5, 5.41) is 12.0. The van der Waals surface area contributed by atoms with E-state index in [2.05, 4.69) is 5.32 Å². The third-order valence-corrected chi connectivity index (χ3v) is 4.33. The van der Waals surface area contributed by atoms with E-state index in [9.17, 15) is 9.59 Å². The molecule has 0 spiro atoms. The van der Waals surface area contributed by atoms with E-state index in [-0.39, 0.29) is 11.9 Å². The Morgan fingerprint density at radius 3 is 2.52 bits per heavy atom. The number of nitrogens with one attached hydrogen (secondary N) is 1. The lowest BCUT2D eigenvalue weighted by molar-refractivity contribution is -0.140. The molecule has 2 N–H and O–H groups in total. The zero-order valence-electron chi connectivity index (χ0n) is 12.7. The number of amides is 1. The third kappa shape index (κ3) is 2.86. The molecule has 21 heavy (non-hydrogen) atoms. The second-order valence-electron chi connectivity index (χ2n) is 6.12. The first-order valence-corrected chi connectivity index (χ1v) is 6.96. The van der Waals surface area contributed by atoms with Gasteiger partial charge < -0.3 is 15.2 Å². The standard InChI is InChI=1S/C16H21NO4/c1-9(10-6-5-7-11(8-10)21-4)17-14(18)12-13(15(19)20)16(12,2)3/h5-9,12-13H,1-4H3,(H,17,18)(H,19,20)/t9-,12+,13-/m0/s1. The lowest BCUT2D eigenvalue weighted by atomic mass is 10.1. The molecule has 2 rings (SSSR count). The minimum atomic E-state index is -0.908. The first kappa shape index (κ1) is 15.4. The summed E-state index contributed by atoms with van der Waals surface area (Å²) >= 11 is 0. The Balaban J connectivity index is 2.05. The van der Waals surface area contributed by atoms with E-state index in [1.165, 1.54) is 0 Å². The van der Waals surface area contributed by atoms with Gasteiger partial charge in [-0.05, 0) is 30.0 Å². The van der Waals surface area contributed by atoms with Crippen LogP contribution in [0.25, 0.3) is 0 Å². The maximum absolute atomic E-state index is 12.3. The first-order valence-electron chi connectivity index (χ1n) is 6.96. The summed E-state index contributed by atoms with van der Waals surface area (Å²) in [6.07, 6.45) is 0. The molecule has 1 aliphatic rings. The highest BCUT2D eigenvalue weighted by Crippen LogP contribution is 2.58. The maximum Gasteiger partial charge on any atom is 0.307 e. The highest BCUT2D eigenvalue weighted by atomic mass is 16.5. The molecule has 0 aromatic heterocycles. The van der Waals surface area contributed by atoms with Gasteiger partial charge in [0.25, 0.3) is 0 Å². The molecule has 0 bridgehead atoms. The molecular formula is C16H21NO4. The van der Waals surface area contributed by atoms with Crippen LogP contribution in [-0.4, -0.2) is 24.1 Å². The Kier molecular flexibility index (Phi) is 3.94. The molecule has 5 heteroatoms. The van der Waals surface area contributed by atoms with Crippen LogP contribution in [0, 0.1) is 17.3 Å². The quantitative estimate of drug-likeness (QED) is 0.872. The van der Waals surface area contributed by atoms with Crippen molar-refractivity contribution in [3.63, 3.8) is 0 Å². The van der Waals surface area contributed by atoms with Crippen molar-refractivity contribution in [1.82, 2.24) is 5.32 Å². The molecule has 0 heterocycles. The van der Waals surface area contributed by atoms with Gasteiger partial charge in [0, 0.05) is 0 Å². The number of rotatable bonds is 5. The topological polar surface area (TPSA) is 75.6 Å². The summed E-state index contributed by atoms with van der Waals surface area (Å²) in [6, 6.07) is 7.26. The van der Waals surface area contributed by atoms with Gasteiger partial charge in [-0.2, -0.15) is 0 Å². The van der Waals surface area contributed by atoms with Crippen LogP contribution in [-0.2, 0) is 9.59 Å². The smallest absolute Gasteiger partial charge is 0.307 e. The van der Waals surface area contributed by atoms with E-state index >= 15 is 0 Å². The summed E-state index contributed by atoms with van der Waals surface area (Å²) in [5.74, 6) is -1.46. The molecule has 0 saturated heterocycles. The minimum absolute atomic E-state index is 0.196. The highest BCUT2D eigenvalue weighted by Gasteiger charge is 2.65. The average Bonchev–Trinajstić information content (AvgIpc) is 3.02. The summed E-state index contributed by atoms with van der Waals surface area (Å²) in [6.45, 7) is 5.50. The molecule has 1 aliphatic carbocycles. The van der Waals surface area contributed by atoms with Crippen LogP contribution in [0.15, 0.2) is 24.3 Å². The fourth-order valence-electron chi connectivity index (χ4n) is 2.89. The Hall–Kier alpha value is -2.04. The van der Waals surface area contributed by atoms with Crippen molar-refractivity contribution in [2.75, 3.05) is 7.11 Å². The molecule has 0 unspecified atom stereocenters. The molecule has 0 radical (unpaired) electrons. The number of carbonyl (C=O) groups is 2. The van der Waals surface area contributed by atoms with Crippen LogP contribution in [0.2, 0.25) is 0 Å². The summed E-state index contributed by atoms with van der Waals surface area (Å²) in [5.41, 5.74) is 0.442. The minimum Gasteiger partial charge on any atom is -0.497 e. The van der Waals surface area contributed by atoms with E-state index in [1.807, 2.05) is 45.0 Å². The number of benzene rings is 1. The van der Waals surface area contributed by atoms with Crippen LogP contribution < -0.4 is 10.1 Å². The highest BCUT2D eigenvalue weighted by molar-refractivity contribution is 5.91. The van der Waals surface area contributed by atoms with Crippen LogP contribution in [0.4, 0.5) is 0 Å².